The van der Waals surface area contributed by atoms with Gasteiger partial charge in [0.1, 0.15) is 5.75 Å². The van der Waals surface area contributed by atoms with E-state index in [1.807, 2.05) is 85.8 Å². The highest BCUT2D eigenvalue weighted by atomic mass is 16.5. The molecule has 0 unspecified atom stereocenters. The van der Waals surface area contributed by atoms with Crippen molar-refractivity contribution >= 4 is 23.3 Å². The number of hydrogen-bond donors (Lipinski definition) is 3. The highest BCUT2D eigenvalue weighted by molar-refractivity contribution is 5.95. The lowest BCUT2D eigenvalue weighted by molar-refractivity contribution is -0.117. The molecular formula is C28H32N4O3. The molecule has 182 valence electrons. The van der Waals surface area contributed by atoms with E-state index in [9.17, 15) is 9.59 Å². The number of rotatable bonds is 8. The van der Waals surface area contributed by atoms with Crippen LogP contribution in [0.25, 0.3) is 11.1 Å². The highest BCUT2D eigenvalue weighted by Crippen LogP contribution is 2.27. The summed E-state index contributed by atoms with van der Waals surface area (Å²) in [7, 11) is 0. The molecule has 1 aliphatic rings. The van der Waals surface area contributed by atoms with E-state index in [0.29, 0.717) is 24.6 Å². The normalized spacial score (nSPS) is 14.2. The molecule has 0 bridgehead atoms. The van der Waals surface area contributed by atoms with Crippen molar-refractivity contribution in [1.29, 1.82) is 0 Å². The van der Waals surface area contributed by atoms with E-state index in [1.54, 1.807) is 0 Å². The number of anilines is 2. The quantitative estimate of drug-likeness (QED) is 0.432. The zero-order chi connectivity index (χ0) is 24.5. The molecule has 7 heteroatoms. The van der Waals surface area contributed by atoms with Crippen LogP contribution in [0, 0.1) is 0 Å². The lowest BCUT2D eigenvalue weighted by Gasteiger charge is -2.32. The summed E-state index contributed by atoms with van der Waals surface area (Å²) >= 11 is 0. The van der Waals surface area contributed by atoms with E-state index in [4.69, 9.17) is 4.74 Å². The maximum absolute atomic E-state index is 12.7. The molecule has 3 amide bonds. The zero-order valence-electron chi connectivity index (χ0n) is 20.0. The Morgan fingerprint density at radius 1 is 0.857 bits per heavy atom. The van der Waals surface area contributed by atoms with Crippen LogP contribution >= 0.6 is 0 Å². The van der Waals surface area contributed by atoms with Crippen LogP contribution in [0.3, 0.4) is 0 Å². The lowest BCUT2D eigenvalue weighted by Crippen LogP contribution is -2.47. The molecule has 3 N–H and O–H groups in total. The van der Waals surface area contributed by atoms with Gasteiger partial charge in [0.2, 0.25) is 5.91 Å². The van der Waals surface area contributed by atoms with Gasteiger partial charge in [0.05, 0.1) is 24.5 Å². The van der Waals surface area contributed by atoms with E-state index < -0.39 is 0 Å². The van der Waals surface area contributed by atoms with Crippen LogP contribution in [0.4, 0.5) is 16.2 Å². The van der Waals surface area contributed by atoms with Gasteiger partial charge in [-0.05, 0) is 43.5 Å². The highest BCUT2D eigenvalue weighted by Gasteiger charge is 2.23. The Bertz CT molecular complexity index is 1130. The van der Waals surface area contributed by atoms with Crippen molar-refractivity contribution in [2.45, 2.75) is 25.8 Å². The summed E-state index contributed by atoms with van der Waals surface area (Å²) in [6.07, 6.45) is 1.58. The summed E-state index contributed by atoms with van der Waals surface area (Å²) in [6.45, 7) is 4.25. The van der Waals surface area contributed by atoms with Crippen molar-refractivity contribution < 1.29 is 14.3 Å². The van der Waals surface area contributed by atoms with Gasteiger partial charge in [-0.25, -0.2) is 4.79 Å². The molecule has 35 heavy (non-hydrogen) atoms. The van der Waals surface area contributed by atoms with Gasteiger partial charge < -0.3 is 20.7 Å². The first-order chi connectivity index (χ1) is 17.1. The number of nitrogens with zero attached hydrogens (tertiary/aromatic N) is 1. The number of likely N-dealkylation sites (tertiary alicyclic amines) is 1. The molecule has 4 rings (SSSR count). The van der Waals surface area contributed by atoms with Gasteiger partial charge in [-0.3, -0.25) is 9.69 Å². The van der Waals surface area contributed by atoms with E-state index in [0.717, 1.165) is 42.7 Å². The van der Waals surface area contributed by atoms with E-state index in [1.165, 1.54) is 0 Å². The lowest BCUT2D eigenvalue weighted by atomic mass is 10.0. The fourth-order valence-corrected chi connectivity index (χ4v) is 4.28. The number of ether oxygens (including phenoxy) is 1. The molecular weight excluding hydrogens is 440 g/mol. The molecule has 0 aromatic heterocycles. The number of benzene rings is 3. The van der Waals surface area contributed by atoms with Crippen LogP contribution in [0.2, 0.25) is 0 Å². The van der Waals surface area contributed by atoms with Crippen molar-refractivity contribution in [1.82, 2.24) is 10.2 Å². The number of carbonyl (C=O) groups excluding carboxylic acids is 2. The van der Waals surface area contributed by atoms with Crippen molar-refractivity contribution in [3.05, 3.63) is 78.9 Å². The fraction of sp³-hybridized carbons (Fsp3) is 0.286. The second kappa shape index (κ2) is 12.0. The van der Waals surface area contributed by atoms with Crippen molar-refractivity contribution in [2.24, 2.45) is 0 Å². The van der Waals surface area contributed by atoms with Gasteiger partial charge in [-0.2, -0.15) is 0 Å². The SMILES string of the molecule is CCOc1ccccc1NC(=O)CN1CCC(NC(=O)Nc2ccccc2-c2ccccc2)CC1. The average Bonchev–Trinajstić information content (AvgIpc) is 2.87. The van der Waals surface area contributed by atoms with Crippen LogP contribution < -0.4 is 20.7 Å². The summed E-state index contributed by atoms with van der Waals surface area (Å²) in [5, 5.41) is 9.04. The van der Waals surface area contributed by atoms with Crippen LogP contribution in [0.15, 0.2) is 78.9 Å². The fourth-order valence-electron chi connectivity index (χ4n) is 4.28. The van der Waals surface area contributed by atoms with Crippen LogP contribution in [-0.2, 0) is 4.79 Å². The predicted molar refractivity (Wildman–Crippen MR) is 140 cm³/mol. The maximum atomic E-state index is 12.7. The molecule has 0 spiro atoms. The van der Waals surface area contributed by atoms with Gasteiger partial charge in [0.25, 0.3) is 0 Å². The Hall–Kier alpha value is -3.84. The van der Waals surface area contributed by atoms with Crippen LogP contribution in [0.1, 0.15) is 19.8 Å². The Balaban J connectivity index is 1.24. The van der Waals surface area contributed by atoms with Crippen LogP contribution in [0.5, 0.6) is 5.75 Å². The molecule has 0 aliphatic carbocycles. The minimum Gasteiger partial charge on any atom is -0.492 e. The third-order valence-corrected chi connectivity index (χ3v) is 6.01. The number of carbonyl (C=O) groups is 2. The molecule has 0 radical (unpaired) electrons. The molecule has 3 aromatic rings. The van der Waals surface area contributed by atoms with Crippen LogP contribution in [-0.4, -0.2) is 49.1 Å². The first-order valence-corrected chi connectivity index (χ1v) is 12.1. The standard InChI is InChI=1S/C28H32N4O3/c1-2-35-26-15-9-8-14-25(26)30-27(33)20-32-18-16-22(17-19-32)29-28(34)31-24-13-7-6-12-23(24)21-10-4-3-5-11-21/h3-15,22H,2,16-20H2,1H3,(H,30,33)(H2,29,31,34). The van der Waals surface area contributed by atoms with E-state index >= 15 is 0 Å². The number of para-hydroxylation sites is 3. The summed E-state index contributed by atoms with van der Waals surface area (Å²) in [6, 6.07) is 25.1. The first-order valence-electron chi connectivity index (χ1n) is 12.1. The maximum Gasteiger partial charge on any atom is 0.319 e. The van der Waals surface area contributed by atoms with E-state index in [2.05, 4.69) is 20.9 Å². The number of amides is 3. The third-order valence-electron chi connectivity index (χ3n) is 6.01. The second-order valence-electron chi connectivity index (χ2n) is 8.54. The predicted octanol–water partition coefficient (Wildman–Crippen LogP) is 4.98. The molecule has 1 heterocycles. The number of piperidine rings is 1. The monoisotopic (exact) mass is 472 g/mol. The van der Waals surface area contributed by atoms with Crippen molar-refractivity contribution in [2.75, 3.05) is 36.9 Å². The molecule has 1 fully saturated rings. The smallest absolute Gasteiger partial charge is 0.319 e. The molecule has 1 aliphatic heterocycles. The van der Waals surface area contributed by atoms with Gasteiger partial charge in [-0.1, -0.05) is 60.7 Å². The van der Waals surface area contributed by atoms with E-state index in [-0.39, 0.29) is 18.0 Å². The summed E-state index contributed by atoms with van der Waals surface area (Å²) < 4.78 is 5.58. The largest absolute Gasteiger partial charge is 0.492 e. The summed E-state index contributed by atoms with van der Waals surface area (Å²) in [5.41, 5.74) is 3.50. The average molecular weight is 473 g/mol. The van der Waals surface area contributed by atoms with Gasteiger partial charge in [0.15, 0.2) is 0 Å². The minimum absolute atomic E-state index is 0.0666. The zero-order valence-corrected chi connectivity index (χ0v) is 20.0. The third kappa shape index (κ3) is 6.83. The Labute approximate surface area is 206 Å². The first kappa shape index (κ1) is 24.3. The molecule has 1 saturated heterocycles. The topological polar surface area (TPSA) is 82.7 Å². The summed E-state index contributed by atoms with van der Waals surface area (Å²) in [5.74, 6) is 0.602. The second-order valence-corrected chi connectivity index (χ2v) is 8.54. The Kier molecular flexibility index (Phi) is 8.35. The van der Waals surface area contributed by atoms with Gasteiger partial charge >= 0.3 is 6.03 Å². The number of nitrogens with one attached hydrogen (secondary N) is 3. The minimum atomic E-state index is -0.211. The molecule has 0 atom stereocenters. The number of urea groups is 1. The molecule has 3 aromatic carbocycles. The van der Waals surface area contributed by atoms with Gasteiger partial charge in [-0.15, -0.1) is 0 Å². The molecule has 7 nitrogen and oxygen atoms in total. The molecule has 0 saturated carbocycles. The Morgan fingerprint density at radius 3 is 2.26 bits per heavy atom. The van der Waals surface area contributed by atoms with Crippen molar-refractivity contribution in [3.63, 3.8) is 0 Å². The van der Waals surface area contributed by atoms with Crippen molar-refractivity contribution in [3.8, 4) is 16.9 Å². The number of hydrogen-bond acceptors (Lipinski definition) is 4. The Morgan fingerprint density at radius 2 is 1.51 bits per heavy atom. The summed E-state index contributed by atoms with van der Waals surface area (Å²) in [4.78, 5) is 27.4. The van der Waals surface area contributed by atoms with Gasteiger partial charge in [0, 0.05) is 24.7 Å².